The van der Waals surface area contributed by atoms with Gasteiger partial charge in [-0.15, -0.1) is 0 Å². The molecule has 2 heteroatoms. The Labute approximate surface area is 96.7 Å². The predicted octanol–water partition coefficient (Wildman–Crippen LogP) is 3.89. The molecule has 0 amide bonds. The molecule has 84 valence electrons. The van der Waals surface area contributed by atoms with Crippen LogP contribution in [0.1, 0.15) is 20.8 Å². The number of rotatable bonds is 2. The normalized spacial score (nSPS) is 11.4. The van der Waals surface area contributed by atoms with Crippen LogP contribution in [0.2, 0.25) is 0 Å². The third-order valence-corrected chi connectivity index (χ3v) is 2.29. The van der Waals surface area contributed by atoms with Gasteiger partial charge in [0.05, 0.1) is 0 Å². The minimum absolute atomic E-state index is 0.0916. The van der Waals surface area contributed by atoms with Crippen molar-refractivity contribution in [3.63, 3.8) is 0 Å². The summed E-state index contributed by atoms with van der Waals surface area (Å²) in [5, 5.41) is 3.47. The van der Waals surface area contributed by atoms with Crippen molar-refractivity contribution >= 4 is 5.69 Å². The van der Waals surface area contributed by atoms with E-state index in [1.807, 2.05) is 12.3 Å². The van der Waals surface area contributed by atoms with Gasteiger partial charge in [0.15, 0.2) is 0 Å². The first-order valence-electron chi connectivity index (χ1n) is 5.57. The Morgan fingerprint density at radius 1 is 1.06 bits per heavy atom. The lowest BCUT2D eigenvalue weighted by Gasteiger charge is -2.22. The van der Waals surface area contributed by atoms with Crippen LogP contribution >= 0.6 is 0 Å². The van der Waals surface area contributed by atoms with Gasteiger partial charge in [0.25, 0.3) is 0 Å². The molecule has 2 rings (SSSR count). The lowest BCUT2D eigenvalue weighted by atomic mass is 10.1. The maximum absolute atomic E-state index is 3.47. The first kappa shape index (κ1) is 10.8. The maximum atomic E-state index is 3.47. The van der Waals surface area contributed by atoms with E-state index in [9.17, 15) is 0 Å². The van der Waals surface area contributed by atoms with Crippen LogP contribution in [0, 0.1) is 0 Å². The first-order valence-corrected chi connectivity index (χ1v) is 5.57. The van der Waals surface area contributed by atoms with Gasteiger partial charge in [0.2, 0.25) is 0 Å². The maximum Gasteiger partial charge on any atom is 0.0454 e. The van der Waals surface area contributed by atoms with Crippen LogP contribution in [0.15, 0.2) is 42.6 Å². The molecule has 0 fully saturated rings. The van der Waals surface area contributed by atoms with Crippen LogP contribution in [0.25, 0.3) is 11.3 Å². The summed E-state index contributed by atoms with van der Waals surface area (Å²) in [6.45, 7) is 6.48. The van der Waals surface area contributed by atoms with Crippen molar-refractivity contribution in [2.75, 3.05) is 5.32 Å². The van der Waals surface area contributed by atoms with E-state index >= 15 is 0 Å². The summed E-state index contributed by atoms with van der Waals surface area (Å²) in [6, 6.07) is 12.5. The van der Waals surface area contributed by atoms with Crippen molar-refractivity contribution in [3.05, 3.63) is 42.6 Å². The van der Waals surface area contributed by atoms with Gasteiger partial charge in [-0.05, 0) is 50.6 Å². The van der Waals surface area contributed by atoms with Gasteiger partial charge in [-0.2, -0.15) is 0 Å². The summed E-state index contributed by atoms with van der Waals surface area (Å²) in [7, 11) is 0. The Morgan fingerprint density at radius 2 is 1.88 bits per heavy atom. The minimum Gasteiger partial charge on any atom is -0.380 e. The third-order valence-electron chi connectivity index (χ3n) is 2.29. The number of benzene rings is 1. The van der Waals surface area contributed by atoms with Crippen molar-refractivity contribution < 1.29 is 0 Å². The van der Waals surface area contributed by atoms with Crippen molar-refractivity contribution in [3.8, 4) is 11.3 Å². The molecule has 1 aromatic carbocycles. The summed E-state index contributed by atoms with van der Waals surface area (Å²) in [5.74, 6) is 0. The molecule has 1 aromatic heterocycles. The quantitative estimate of drug-likeness (QED) is 0.779. The van der Waals surface area contributed by atoms with Gasteiger partial charge >= 0.3 is 0 Å². The molecule has 0 unspecified atom stereocenters. The fourth-order valence-corrected chi connectivity index (χ4v) is 1.71. The van der Waals surface area contributed by atoms with Crippen molar-refractivity contribution in [2.45, 2.75) is 26.3 Å². The summed E-state index contributed by atoms with van der Waals surface area (Å²) in [5.41, 5.74) is 3.60. The Bertz CT molecular complexity index is 450. The Kier molecular flexibility index (Phi) is 2.73. The molecule has 16 heavy (non-hydrogen) atoms. The largest absolute Gasteiger partial charge is 0.380 e. The fourth-order valence-electron chi connectivity index (χ4n) is 1.71. The summed E-state index contributed by atoms with van der Waals surface area (Å²) >= 11 is 0. The molecule has 0 saturated heterocycles. The van der Waals surface area contributed by atoms with Crippen LogP contribution in [0.3, 0.4) is 0 Å². The average molecular weight is 214 g/mol. The standard InChI is InChI=1S/C14H18N2/c1-14(2,3)16-12-7-4-6-11(10-12)13-8-5-9-15-13/h4-10,15-16H,1-3H3. The Hall–Kier alpha value is -1.70. The summed E-state index contributed by atoms with van der Waals surface area (Å²) in [6.07, 6.45) is 1.94. The second-order valence-electron chi connectivity index (χ2n) is 5.04. The molecule has 0 atom stereocenters. The molecule has 0 radical (unpaired) electrons. The smallest absolute Gasteiger partial charge is 0.0454 e. The zero-order valence-corrected chi connectivity index (χ0v) is 10.0. The van der Waals surface area contributed by atoms with Crippen molar-refractivity contribution in [2.24, 2.45) is 0 Å². The van der Waals surface area contributed by atoms with Gasteiger partial charge in [-0.3, -0.25) is 0 Å². The van der Waals surface area contributed by atoms with E-state index in [1.165, 1.54) is 5.56 Å². The summed E-state index contributed by atoms with van der Waals surface area (Å²) in [4.78, 5) is 3.22. The SMILES string of the molecule is CC(C)(C)Nc1cccc(-c2ccc[nH]2)c1. The molecular formula is C14H18N2. The van der Waals surface area contributed by atoms with Crippen LogP contribution < -0.4 is 5.32 Å². The van der Waals surface area contributed by atoms with Crippen molar-refractivity contribution in [1.82, 2.24) is 4.98 Å². The second kappa shape index (κ2) is 4.05. The topological polar surface area (TPSA) is 27.8 Å². The lowest BCUT2D eigenvalue weighted by Crippen LogP contribution is -2.25. The number of hydrogen-bond acceptors (Lipinski definition) is 1. The minimum atomic E-state index is 0.0916. The number of nitrogens with one attached hydrogen (secondary N) is 2. The highest BCUT2D eigenvalue weighted by molar-refractivity contribution is 5.65. The average Bonchev–Trinajstić information content (AvgIpc) is 2.68. The van der Waals surface area contributed by atoms with Gasteiger partial charge in [0, 0.05) is 23.1 Å². The zero-order valence-electron chi connectivity index (χ0n) is 10.0. The molecule has 0 bridgehead atoms. The van der Waals surface area contributed by atoms with E-state index in [-0.39, 0.29) is 5.54 Å². The van der Waals surface area contributed by atoms with Gasteiger partial charge in [0.1, 0.15) is 0 Å². The highest BCUT2D eigenvalue weighted by Crippen LogP contribution is 2.22. The Balaban J connectivity index is 2.27. The first-order chi connectivity index (χ1) is 7.54. The molecule has 0 aliphatic rings. The molecule has 2 nitrogen and oxygen atoms in total. The van der Waals surface area contributed by atoms with Crippen LogP contribution in [0.4, 0.5) is 5.69 Å². The molecular weight excluding hydrogens is 196 g/mol. The number of aromatic amines is 1. The number of aromatic nitrogens is 1. The van der Waals surface area contributed by atoms with E-state index in [0.29, 0.717) is 0 Å². The molecule has 0 aliphatic heterocycles. The van der Waals surface area contributed by atoms with Crippen molar-refractivity contribution in [1.29, 1.82) is 0 Å². The van der Waals surface area contributed by atoms with E-state index in [4.69, 9.17) is 0 Å². The van der Waals surface area contributed by atoms with E-state index < -0.39 is 0 Å². The third kappa shape index (κ3) is 2.66. The number of anilines is 1. The van der Waals surface area contributed by atoms with E-state index in [0.717, 1.165) is 11.4 Å². The lowest BCUT2D eigenvalue weighted by molar-refractivity contribution is 0.634. The molecule has 2 N–H and O–H groups in total. The van der Waals surface area contributed by atoms with E-state index in [1.54, 1.807) is 0 Å². The van der Waals surface area contributed by atoms with Gasteiger partial charge in [-0.1, -0.05) is 12.1 Å². The second-order valence-corrected chi connectivity index (χ2v) is 5.04. The number of H-pyrrole nitrogens is 1. The van der Waals surface area contributed by atoms with Crippen LogP contribution in [-0.2, 0) is 0 Å². The van der Waals surface area contributed by atoms with Crippen LogP contribution in [-0.4, -0.2) is 10.5 Å². The van der Waals surface area contributed by atoms with Gasteiger partial charge < -0.3 is 10.3 Å². The van der Waals surface area contributed by atoms with E-state index in [2.05, 4.69) is 61.4 Å². The fraction of sp³-hybridized carbons (Fsp3) is 0.286. The monoisotopic (exact) mass is 214 g/mol. The molecule has 0 spiro atoms. The molecule has 0 saturated carbocycles. The van der Waals surface area contributed by atoms with Gasteiger partial charge in [-0.25, -0.2) is 0 Å². The zero-order chi connectivity index (χ0) is 11.6. The van der Waals surface area contributed by atoms with Crippen LogP contribution in [0.5, 0.6) is 0 Å². The molecule has 0 aliphatic carbocycles. The summed E-state index contributed by atoms with van der Waals surface area (Å²) < 4.78 is 0. The number of hydrogen-bond donors (Lipinski definition) is 2. The molecule has 1 heterocycles. The molecule has 2 aromatic rings. The highest BCUT2D eigenvalue weighted by Gasteiger charge is 2.09. The highest BCUT2D eigenvalue weighted by atomic mass is 14.9. The Morgan fingerprint density at radius 3 is 2.50 bits per heavy atom. The predicted molar refractivity (Wildman–Crippen MR) is 69.6 cm³/mol.